The molecule has 1 amide bonds. The molecule has 1 fully saturated rings. The minimum absolute atomic E-state index is 0.0549. The van der Waals surface area contributed by atoms with Crippen LogP contribution in [0.1, 0.15) is 61.4 Å². The van der Waals surface area contributed by atoms with E-state index in [1.807, 2.05) is 12.1 Å². The molecule has 1 N–H and O–H groups in total. The van der Waals surface area contributed by atoms with Crippen LogP contribution in [-0.4, -0.2) is 35.1 Å². The third-order valence-corrected chi connectivity index (χ3v) is 6.22. The van der Waals surface area contributed by atoms with Crippen LogP contribution in [-0.2, 0) is 6.54 Å². The van der Waals surface area contributed by atoms with Crippen molar-refractivity contribution in [3.63, 3.8) is 0 Å². The van der Waals surface area contributed by atoms with Gasteiger partial charge in [0.25, 0.3) is 5.91 Å². The number of halogens is 1. The van der Waals surface area contributed by atoms with Crippen LogP contribution in [0.25, 0.3) is 0 Å². The molecule has 1 atom stereocenters. The first-order valence-electron chi connectivity index (χ1n) is 10.9. The monoisotopic (exact) mass is 428 g/mol. The van der Waals surface area contributed by atoms with Gasteiger partial charge < -0.3 is 15.0 Å². The Morgan fingerprint density at radius 3 is 2.87 bits per heavy atom. The number of nitrogens with one attached hydrogen (secondary N) is 1. The van der Waals surface area contributed by atoms with Crippen LogP contribution in [0.3, 0.4) is 0 Å². The zero-order valence-corrected chi connectivity index (χ0v) is 18.2. The summed E-state index contributed by atoms with van der Waals surface area (Å²) in [5, 5.41) is 3.56. The first kappa shape index (κ1) is 20.9. The number of anilines is 1. The van der Waals surface area contributed by atoms with E-state index in [0.717, 1.165) is 29.5 Å². The molecule has 0 spiro atoms. The average molecular weight is 429 g/mol. The lowest BCUT2D eigenvalue weighted by Crippen LogP contribution is -2.34. The fourth-order valence-electron chi connectivity index (χ4n) is 4.44. The van der Waals surface area contributed by atoms with Crippen LogP contribution in [0, 0.1) is 5.92 Å². The molecule has 1 aliphatic carbocycles. The van der Waals surface area contributed by atoms with E-state index in [1.165, 1.54) is 32.1 Å². The highest BCUT2D eigenvalue weighted by atomic mass is 35.5. The maximum Gasteiger partial charge on any atom is 0.253 e. The normalized spacial score (nSPS) is 18.1. The molecule has 0 radical (unpaired) electrons. The third-order valence-electron chi connectivity index (χ3n) is 6.01. The molecule has 4 rings (SSSR count). The van der Waals surface area contributed by atoms with Crippen molar-refractivity contribution in [1.29, 1.82) is 0 Å². The molecule has 0 bridgehead atoms. The number of pyridine rings is 2. The molecular weight excluding hydrogens is 400 g/mol. The first-order valence-corrected chi connectivity index (χ1v) is 11.3. The Hall–Kier alpha value is -2.34. The number of carbonyl (C=O) groups excluding carboxylic acids is 1. The third kappa shape index (κ3) is 5.22. The van der Waals surface area contributed by atoms with E-state index in [9.17, 15) is 4.79 Å². The van der Waals surface area contributed by atoms with Gasteiger partial charge >= 0.3 is 0 Å². The van der Waals surface area contributed by atoms with Crippen LogP contribution in [0.5, 0.6) is 5.75 Å². The van der Waals surface area contributed by atoms with Gasteiger partial charge in [0.15, 0.2) is 0 Å². The summed E-state index contributed by atoms with van der Waals surface area (Å²) in [4.78, 5) is 23.4. The largest absolute Gasteiger partial charge is 0.491 e. The van der Waals surface area contributed by atoms with Crippen LogP contribution in [0.15, 0.2) is 30.6 Å². The topological polar surface area (TPSA) is 67.4 Å². The molecule has 7 heteroatoms. The fraction of sp³-hybridized carbons (Fsp3) is 0.522. The fourth-order valence-corrected chi connectivity index (χ4v) is 4.58. The summed E-state index contributed by atoms with van der Waals surface area (Å²) in [7, 11) is 0. The van der Waals surface area contributed by atoms with Gasteiger partial charge in [0.05, 0.1) is 12.1 Å². The molecule has 1 aliphatic heterocycles. The van der Waals surface area contributed by atoms with E-state index in [0.29, 0.717) is 30.4 Å². The van der Waals surface area contributed by atoms with Crippen molar-refractivity contribution in [3.8, 4) is 5.75 Å². The highest BCUT2D eigenvalue weighted by Gasteiger charge is 2.20. The Kier molecular flexibility index (Phi) is 6.72. The summed E-state index contributed by atoms with van der Waals surface area (Å²) in [6.45, 7) is 3.97. The van der Waals surface area contributed by atoms with E-state index in [1.54, 1.807) is 18.5 Å². The Balaban J connectivity index is 1.36. The van der Waals surface area contributed by atoms with E-state index in [2.05, 4.69) is 27.1 Å². The van der Waals surface area contributed by atoms with Gasteiger partial charge in [0, 0.05) is 36.6 Å². The number of aromatic nitrogens is 2. The molecule has 0 saturated heterocycles. The standard InChI is InChI=1S/C23H29ClN4O2/c1-16(11-17-5-3-2-4-6-17)27-23(29)18-7-8-22(26-13-18)28-9-10-30-20-12-21(24)25-14-19(20)15-28/h7-8,12-14,16-17H,2-6,9-11,15H2,1H3,(H,27,29)/t16-/m0/s1. The van der Waals surface area contributed by atoms with Gasteiger partial charge in [-0.2, -0.15) is 0 Å². The summed E-state index contributed by atoms with van der Waals surface area (Å²) in [6, 6.07) is 5.67. The van der Waals surface area contributed by atoms with Crippen molar-refractivity contribution in [1.82, 2.24) is 15.3 Å². The summed E-state index contributed by atoms with van der Waals surface area (Å²) < 4.78 is 5.79. The lowest BCUT2D eigenvalue weighted by molar-refractivity contribution is 0.0932. The van der Waals surface area contributed by atoms with Crippen molar-refractivity contribution in [2.24, 2.45) is 5.92 Å². The minimum atomic E-state index is -0.0549. The second kappa shape index (κ2) is 9.65. The number of rotatable bonds is 5. The quantitative estimate of drug-likeness (QED) is 0.704. The molecule has 3 heterocycles. The number of amides is 1. The van der Waals surface area contributed by atoms with Crippen molar-refractivity contribution in [2.45, 2.75) is 58.0 Å². The Morgan fingerprint density at radius 1 is 1.27 bits per heavy atom. The second-order valence-corrected chi connectivity index (χ2v) is 8.79. The number of ether oxygens (including phenoxy) is 1. The van der Waals surface area contributed by atoms with Crippen molar-refractivity contribution >= 4 is 23.3 Å². The zero-order chi connectivity index (χ0) is 20.9. The van der Waals surface area contributed by atoms with E-state index < -0.39 is 0 Å². The molecule has 2 aromatic rings. The van der Waals surface area contributed by atoms with Gasteiger partial charge in [-0.05, 0) is 31.4 Å². The molecule has 1 saturated carbocycles. The highest BCUT2D eigenvalue weighted by Crippen LogP contribution is 2.28. The predicted octanol–water partition coefficient (Wildman–Crippen LogP) is 4.62. The molecule has 2 aromatic heterocycles. The molecule has 30 heavy (non-hydrogen) atoms. The maximum absolute atomic E-state index is 12.6. The Morgan fingerprint density at radius 2 is 2.10 bits per heavy atom. The molecule has 2 aliphatic rings. The predicted molar refractivity (Wildman–Crippen MR) is 118 cm³/mol. The number of carbonyl (C=O) groups is 1. The number of nitrogens with zero attached hydrogens (tertiary/aromatic N) is 3. The average Bonchev–Trinajstić information content (AvgIpc) is 2.96. The van der Waals surface area contributed by atoms with Crippen molar-refractivity contribution < 1.29 is 9.53 Å². The molecule has 6 nitrogen and oxygen atoms in total. The van der Waals surface area contributed by atoms with Gasteiger partial charge in [0.2, 0.25) is 0 Å². The van der Waals surface area contributed by atoms with Gasteiger partial charge in [-0.25, -0.2) is 9.97 Å². The van der Waals surface area contributed by atoms with Gasteiger partial charge in [-0.3, -0.25) is 4.79 Å². The van der Waals surface area contributed by atoms with E-state index in [-0.39, 0.29) is 11.9 Å². The molecule has 0 aromatic carbocycles. The highest BCUT2D eigenvalue weighted by molar-refractivity contribution is 6.29. The summed E-state index contributed by atoms with van der Waals surface area (Å²) in [6.07, 6.45) is 11.0. The minimum Gasteiger partial charge on any atom is -0.491 e. The van der Waals surface area contributed by atoms with Gasteiger partial charge in [-0.15, -0.1) is 0 Å². The molecule has 0 unspecified atom stereocenters. The van der Waals surface area contributed by atoms with Crippen molar-refractivity contribution in [3.05, 3.63) is 46.9 Å². The first-order chi connectivity index (χ1) is 14.6. The number of fused-ring (bicyclic) bond motifs is 1. The van der Waals surface area contributed by atoms with Crippen LogP contribution in [0.2, 0.25) is 5.15 Å². The lowest BCUT2D eigenvalue weighted by Gasteiger charge is -2.25. The van der Waals surface area contributed by atoms with E-state index >= 15 is 0 Å². The Bertz CT molecular complexity index is 868. The maximum atomic E-state index is 12.6. The smallest absolute Gasteiger partial charge is 0.253 e. The SMILES string of the molecule is C[C@@H](CC1CCCCC1)NC(=O)c1ccc(N2CCOc3cc(Cl)ncc3C2)nc1. The number of hydrogen-bond acceptors (Lipinski definition) is 5. The lowest BCUT2D eigenvalue weighted by atomic mass is 9.85. The van der Waals surface area contributed by atoms with Crippen LogP contribution >= 0.6 is 11.6 Å². The molecular formula is C23H29ClN4O2. The van der Waals surface area contributed by atoms with Crippen LogP contribution < -0.4 is 15.0 Å². The van der Waals surface area contributed by atoms with Crippen LogP contribution in [0.4, 0.5) is 5.82 Å². The summed E-state index contributed by atoms with van der Waals surface area (Å²) >= 11 is 5.97. The second-order valence-electron chi connectivity index (χ2n) is 8.40. The van der Waals surface area contributed by atoms with E-state index in [4.69, 9.17) is 16.3 Å². The Labute approximate surface area is 183 Å². The zero-order valence-electron chi connectivity index (χ0n) is 17.4. The summed E-state index contributed by atoms with van der Waals surface area (Å²) in [5.74, 6) is 2.27. The van der Waals surface area contributed by atoms with Gasteiger partial charge in [-0.1, -0.05) is 43.7 Å². The van der Waals surface area contributed by atoms with Crippen molar-refractivity contribution in [2.75, 3.05) is 18.1 Å². The summed E-state index contributed by atoms with van der Waals surface area (Å²) in [5.41, 5.74) is 1.56. The number of hydrogen-bond donors (Lipinski definition) is 1. The molecule has 160 valence electrons. The van der Waals surface area contributed by atoms with Gasteiger partial charge in [0.1, 0.15) is 23.3 Å².